The number of phenolic OH excluding ortho intramolecular Hbond substituents is 1. The van der Waals surface area contributed by atoms with Gasteiger partial charge in [0.2, 0.25) is 0 Å². The summed E-state index contributed by atoms with van der Waals surface area (Å²) in [4.78, 5) is 12.4. The van der Waals surface area contributed by atoms with Crippen LogP contribution < -0.4 is 5.32 Å². The maximum absolute atomic E-state index is 12.4. The number of aromatic hydroxyl groups is 1. The summed E-state index contributed by atoms with van der Waals surface area (Å²) in [5, 5.41) is 16.6. The second kappa shape index (κ2) is 8.19. The fourth-order valence-electron chi connectivity index (χ4n) is 2.75. The van der Waals surface area contributed by atoms with Crippen molar-refractivity contribution in [3.05, 3.63) is 76.0 Å². The Hall–Kier alpha value is -2.60. The molecule has 0 spiro atoms. The fourth-order valence-corrected chi connectivity index (χ4v) is 3.14. The Balaban J connectivity index is 1.57. The highest BCUT2D eigenvalue weighted by Crippen LogP contribution is 2.18. The summed E-state index contributed by atoms with van der Waals surface area (Å²) in [7, 11) is 0. The SMILES string of the molecule is Cc1c(C(=O)NCCCc2ccc(O)cc2)cnn1-c1cccc(Br)c1. The molecule has 1 heterocycles. The van der Waals surface area contributed by atoms with E-state index in [1.165, 1.54) is 0 Å². The molecule has 3 rings (SSSR count). The normalized spacial score (nSPS) is 10.7. The zero-order valence-corrected chi connectivity index (χ0v) is 16.0. The van der Waals surface area contributed by atoms with Crippen molar-refractivity contribution in [1.82, 2.24) is 15.1 Å². The van der Waals surface area contributed by atoms with Crippen LogP contribution in [0.25, 0.3) is 5.69 Å². The molecule has 6 heteroatoms. The van der Waals surface area contributed by atoms with E-state index in [-0.39, 0.29) is 11.7 Å². The number of benzene rings is 2. The highest BCUT2D eigenvalue weighted by Gasteiger charge is 2.14. The predicted molar refractivity (Wildman–Crippen MR) is 105 cm³/mol. The van der Waals surface area contributed by atoms with E-state index in [9.17, 15) is 9.90 Å². The lowest BCUT2D eigenvalue weighted by Gasteiger charge is -2.07. The number of hydrogen-bond acceptors (Lipinski definition) is 3. The predicted octanol–water partition coefficient (Wildman–Crippen LogP) is 4.01. The molecule has 1 amide bonds. The largest absolute Gasteiger partial charge is 0.508 e. The molecule has 1 aromatic heterocycles. The molecule has 0 saturated heterocycles. The number of aryl methyl sites for hydroxylation is 1. The van der Waals surface area contributed by atoms with E-state index in [1.54, 1.807) is 23.0 Å². The topological polar surface area (TPSA) is 67.2 Å². The number of phenols is 1. The van der Waals surface area contributed by atoms with Gasteiger partial charge in [0.1, 0.15) is 5.75 Å². The van der Waals surface area contributed by atoms with Gasteiger partial charge in [-0.05, 0) is 55.7 Å². The van der Waals surface area contributed by atoms with Gasteiger partial charge in [-0.25, -0.2) is 4.68 Å². The highest BCUT2D eigenvalue weighted by atomic mass is 79.9. The minimum Gasteiger partial charge on any atom is -0.508 e. The standard InChI is InChI=1S/C20H20BrN3O2/c1-14-19(13-23-24(14)17-6-2-5-16(21)12-17)20(26)22-11-3-4-15-7-9-18(25)10-8-15/h2,5-10,12-13,25H,3-4,11H2,1H3,(H,22,26). The zero-order valence-electron chi connectivity index (χ0n) is 14.4. The van der Waals surface area contributed by atoms with Crippen molar-refractivity contribution < 1.29 is 9.90 Å². The van der Waals surface area contributed by atoms with Gasteiger partial charge < -0.3 is 10.4 Å². The summed E-state index contributed by atoms with van der Waals surface area (Å²) in [6.07, 6.45) is 3.28. The molecule has 0 radical (unpaired) electrons. The Morgan fingerprint density at radius 1 is 1.23 bits per heavy atom. The lowest BCUT2D eigenvalue weighted by Crippen LogP contribution is -2.25. The lowest BCUT2D eigenvalue weighted by atomic mass is 10.1. The van der Waals surface area contributed by atoms with Gasteiger partial charge >= 0.3 is 0 Å². The number of carbonyl (C=O) groups excluding carboxylic acids is 1. The monoisotopic (exact) mass is 413 g/mol. The second-order valence-electron chi connectivity index (χ2n) is 6.06. The Bertz CT molecular complexity index is 904. The van der Waals surface area contributed by atoms with Crippen LogP contribution in [-0.2, 0) is 6.42 Å². The van der Waals surface area contributed by atoms with Crippen LogP contribution in [-0.4, -0.2) is 27.3 Å². The van der Waals surface area contributed by atoms with E-state index in [0.717, 1.165) is 34.3 Å². The third-order valence-electron chi connectivity index (χ3n) is 4.17. The van der Waals surface area contributed by atoms with Crippen LogP contribution in [0.15, 0.2) is 59.2 Å². The van der Waals surface area contributed by atoms with Crippen molar-refractivity contribution >= 4 is 21.8 Å². The first-order valence-electron chi connectivity index (χ1n) is 8.41. The molecule has 0 fully saturated rings. The molecular weight excluding hydrogens is 394 g/mol. The summed E-state index contributed by atoms with van der Waals surface area (Å²) in [6.45, 7) is 2.47. The number of aromatic nitrogens is 2. The van der Waals surface area contributed by atoms with Gasteiger partial charge in [-0.2, -0.15) is 5.10 Å². The summed E-state index contributed by atoms with van der Waals surface area (Å²) >= 11 is 3.45. The summed E-state index contributed by atoms with van der Waals surface area (Å²) in [5.74, 6) is 0.148. The summed E-state index contributed by atoms with van der Waals surface area (Å²) in [5.41, 5.74) is 3.42. The molecule has 0 aliphatic carbocycles. The van der Waals surface area contributed by atoms with Gasteiger partial charge in [0.15, 0.2) is 0 Å². The molecular formula is C20H20BrN3O2. The van der Waals surface area contributed by atoms with E-state index in [0.29, 0.717) is 12.1 Å². The number of nitrogens with zero attached hydrogens (tertiary/aromatic N) is 2. The van der Waals surface area contributed by atoms with Crippen LogP contribution >= 0.6 is 15.9 Å². The molecule has 0 unspecified atom stereocenters. The molecule has 0 aliphatic rings. The fraction of sp³-hybridized carbons (Fsp3) is 0.200. The van der Waals surface area contributed by atoms with Crippen LogP contribution in [0.1, 0.15) is 28.0 Å². The smallest absolute Gasteiger partial charge is 0.254 e. The van der Waals surface area contributed by atoms with Crippen LogP contribution in [0.3, 0.4) is 0 Å². The molecule has 134 valence electrons. The Morgan fingerprint density at radius 3 is 2.73 bits per heavy atom. The first-order chi connectivity index (χ1) is 12.5. The molecule has 5 nitrogen and oxygen atoms in total. The number of rotatable bonds is 6. The van der Waals surface area contributed by atoms with E-state index >= 15 is 0 Å². The number of carbonyl (C=O) groups is 1. The van der Waals surface area contributed by atoms with Gasteiger partial charge in [0.25, 0.3) is 5.91 Å². The maximum atomic E-state index is 12.4. The van der Waals surface area contributed by atoms with Gasteiger partial charge in [-0.1, -0.05) is 34.1 Å². The van der Waals surface area contributed by atoms with Crippen molar-refractivity contribution in [1.29, 1.82) is 0 Å². The average molecular weight is 414 g/mol. The molecule has 0 aliphatic heterocycles. The third kappa shape index (κ3) is 4.32. The molecule has 0 bridgehead atoms. The number of halogens is 1. The van der Waals surface area contributed by atoms with E-state index < -0.39 is 0 Å². The van der Waals surface area contributed by atoms with Crippen LogP contribution in [0.5, 0.6) is 5.75 Å². The van der Waals surface area contributed by atoms with Crippen molar-refractivity contribution in [3.8, 4) is 11.4 Å². The molecule has 26 heavy (non-hydrogen) atoms. The van der Waals surface area contributed by atoms with Crippen molar-refractivity contribution in [3.63, 3.8) is 0 Å². The maximum Gasteiger partial charge on any atom is 0.254 e. The minimum absolute atomic E-state index is 0.116. The van der Waals surface area contributed by atoms with E-state index in [2.05, 4.69) is 26.3 Å². The Labute approximate surface area is 160 Å². The van der Waals surface area contributed by atoms with Gasteiger partial charge in [0, 0.05) is 11.0 Å². The number of hydrogen-bond donors (Lipinski definition) is 2. The number of amides is 1. The minimum atomic E-state index is -0.116. The van der Waals surface area contributed by atoms with E-state index in [1.807, 2.05) is 43.3 Å². The number of nitrogens with one attached hydrogen (secondary N) is 1. The van der Waals surface area contributed by atoms with Gasteiger partial charge in [-0.3, -0.25) is 4.79 Å². The van der Waals surface area contributed by atoms with Crippen molar-refractivity contribution in [2.75, 3.05) is 6.54 Å². The van der Waals surface area contributed by atoms with Gasteiger partial charge in [-0.15, -0.1) is 0 Å². The van der Waals surface area contributed by atoms with Crippen LogP contribution in [0, 0.1) is 6.92 Å². The Kier molecular flexibility index (Phi) is 5.73. The van der Waals surface area contributed by atoms with E-state index in [4.69, 9.17) is 0 Å². The lowest BCUT2D eigenvalue weighted by molar-refractivity contribution is 0.0952. The average Bonchev–Trinajstić information content (AvgIpc) is 3.01. The van der Waals surface area contributed by atoms with Crippen molar-refractivity contribution in [2.24, 2.45) is 0 Å². The molecule has 3 aromatic rings. The van der Waals surface area contributed by atoms with Crippen LogP contribution in [0.2, 0.25) is 0 Å². The third-order valence-corrected chi connectivity index (χ3v) is 4.66. The summed E-state index contributed by atoms with van der Waals surface area (Å²) in [6, 6.07) is 14.9. The van der Waals surface area contributed by atoms with Gasteiger partial charge in [0.05, 0.1) is 23.1 Å². The zero-order chi connectivity index (χ0) is 18.5. The Morgan fingerprint density at radius 2 is 2.00 bits per heavy atom. The summed E-state index contributed by atoms with van der Waals surface area (Å²) < 4.78 is 2.72. The van der Waals surface area contributed by atoms with Crippen molar-refractivity contribution in [2.45, 2.75) is 19.8 Å². The van der Waals surface area contributed by atoms with Crippen LogP contribution in [0.4, 0.5) is 0 Å². The quantitative estimate of drug-likeness (QED) is 0.599. The second-order valence-corrected chi connectivity index (χ2v) is 6.98. The molecule has 2 N–H and O–H groups in total. The molecule has 0 saturated carbocycles. The molecule has 0 atom stereocenters. The highest BCUT2D eigenvalue weighted by molar-refractivity contribution is 9.10. The first-order valence-corrected chi connectivity index (χ1v) is 9.20. The first kappa shape index (κ1) is 18.2. The molecule has 2 aromatic carbocycles.